The highest BCUT2D eigenvalue weighted by molar-refractivity contribution is 6.08. The Morgan fingerprint density at radius 3 is 1.77 bits per heavy atom. The van der Waals surface area contributed by atoms with Gasteiger partial charge in [-0.25, -0.2) is 19.2 Å². The summed E-state index contributed by atoms with van der Waals surface area (Å²) in [6.07, 6.45) is -10.9. The molecule has 2 bridgehead atoms. The van der Waals surface area contributed by atoms with Gasteiger partial charge >= 0.3 is 23.9 Å². The van der Waals surface area contributed by atoms with E-state index in [0.717, 1.165) is 0 Å². The number of aromatic carboxylic acids is 1. The summed E-state index contributed by atoms with van der Waals surface area (Å²) in [7, 11) is 0. The fourth-order valence-corrected chi connectivity index (χ4v) is 5.79. The zero-order chi connectivity index (χ0) is 41.9. The number of phenolic OH excluding ortho intramolecular Hbond substituents is 11. The van der Waals surface area contributed by atoms with Gasteiger partial charge in [-0.3, -0.25) is 0 Å². The molecule has 4 aromatic rings. The molecule has 57 heavy (non-hydrogen) atoms. The first kappa shape index (κ1) is 38.9. The van der Waals surface area contributed by atoms with E-state index in [1.807, 2.05) is 0 Å². The van der Waals surface area contributed by atoms with Crippen LogP contribution in [0.2, 0.25) is 0 Å². The Balaban J connectivity index is 1.55. The number of carbonyl (C=O) groups is 4. The molecule has 2 aliphatic heterocycles. The lowest BCUT2D eigenvalue weighted by molar-refractivity contribution is -0.284. The third kappa shape index (κ3) is 6.58. The summed E-state index contributed by atoms with van der Waals surface area (Å²) in [5, 5.41) is 146. The van der Waals surface area contributed by atoms with Gasteiger partial charge in [-0.05, 0) is 24.3 Å². The molecule has 0 radical (unpaired) electrons. The molecule has 5 atom stereocenters. The van der Waals surface area contributed by atoms with E-state index in [4.69, 9.17) is 23.7 Å². The summed E-state index contributed by atoms with van der Waals surface area (Å²) in [5.41, 5.74) is -6.16. The number of aromatic hydroxyl groups is 11. The van der Waals surface area contributed by atoms with E-state index < -0.39 is 169 Å². The van der Waals surface area contributed by atoms with E-state index in [0.29, 0.717) is 30.3 Å². The van der Waals surface area contributed by atoms with Crippen LogP contribution in [-0.2, 0) is 18.9 Å². The molecule has 23 nitrogen and oxygen atoms in total. The van der Waals surface area contributed by atoms with E-state index in [2.05, 4.69) is 0 Å². The van der Waals surface area contributed by atoms with Crippen LogP contribution in [0.15, 0.2) is 30.3 Å². The molecule has 2 heterocycles. The van der Waals surface area contributed by atoms with E-state index >= 15 is 0 Å². The second kappa shape index (κ2) is 14.1. The molecule has 1 fully saturated rings. The zero-order valence-corrected chi connectivity index (χ0v) is 27.9. The van der Waals surface area contributed by atoms with Crippen LogP contribution in [0.4, 0.5) is 0 Å². The third-order valence-corrected chi connectivity index (χ3v) is 8.61. The zero-order valence-electron chi connectivity index (χ0n) is 27.9. The topological polar surface area (TPSA) is 398 Å². The molecule has 0 aliphatic carbocycles. The predicted octanol–water partition coefficient (Wildman–Crippen LogP) is 0.605. The number of phenols is 11. The number of hydrogen-bond donors (Lipinski definition) is 14. The number of esters is 3. The minimum absolute atomic E-state index is 0.362. The van der Waals surface area contributed by atoms with Crippen LogP contribution in [0, 0.1) is 0 Å². The molecule has 5 unspecified atom stereocenters. The minimum Gasteiger partial charge on any atom is -0.504 e. The summed E-state index contributed by atoms with van der Waals surface area (Å²) in [6.45, 7) is -1.09. The Bertz CT molecular complexity index is 2360. The van der Waals surface area contributed by atoms with Gasteiger partial charge in [-0.2, -0.15) is 0 Å². The highest BCUT2D eigenvalue weighted by Gasteiger charge is 2.50. The number of carboxylic acids is 1. The second-order valence-corrected chi connectivity index (χ2v) is 12.1. The fraction of sp³-hybridized carbons (Fsp3) is 0.176. The highest BCUT2D eigenvalue weighted by Crippen LogP contribution is 2.56. The first-order chi connectivity index (χ1) is 26.7. The third-order valence-electron chi connectivity index (χ3n) is 8.61. The maximum atomic E-state index is 14.1. The lowest BCUT2D eigenvalue weighted by atomic mass is 9.91. The number of carbonyl (C=O) groups excluding carboxylic acids is 3. The standard InChI is InChI=1S/C34H26O23/c35-11-1-7(2-12(36)19(11)40)31(50)57-34-26(47)29-23(44)16(54-34)6-53-32(51)8-3-13(37)20(41)24(45)17(8)18-9(33(52)56-29)4-15(39)22(43)28(18)55-27-10(30(48)49)5-14(38)21(42)25(27)46/h1-5,16,23,26,29,34-47H,6H2,(H,48,49). The van der Waals surface area contributed by atoms with E-state index in [1.165, 1.54) is 0 Å². The van der Waals surface area contributed by atoms with Gasteiger partial charge in [-0.1, -0.05) is 0 Å². The van der Waals surface area contributed by atoms with Crippen molar-refractivity contribution in [2.45, 2.75) is 30.7 Å². The van der Waals surface area contributed by atoms with Crippen LogP contribution in [0.25, 0.3) is 11.1 Å². The van der Waals surface area contributed by atoms with Gasteiger partial charge in [0.05, 0.1) is 16.7 Å². The highest BCUT2D eigenvalue weighted by atomic mass is 16.7. The van der Waals surface area contributed by atoms with Crippen molar-refractivity contribution >= 4 is 23.9 Å². The minimum atomic E-state index is -2.37. The maximum absolute atomic E-state index is 14.1. The molecule has 23 heteroatoms. The summed E-state index contributed by atoms with van der Waals surface area (Å²) in [4.78, 5) is 52.8. The maximum Gasteiger partial charge on any atom is 0.340 e. The lowest BCUT2D eigenvalue weighted by Crippen LogP contribution is -2.61. The molecule has 14 N–H and O–H groups in total. The van der Waals surface area contributed by atoms with Crippen LogP contribution in [0.5, 0.6) is 74.7 Å². The molecule has 2 aliphatic rings. The van der Waals surface area contributed by atoms with Crippen LogP contribution < -0.4 is 4.74 Å². The van der Waals surface area contributed by atoms with Crippen LogP contribution in [-0.4, -0.2) is 133 Å². The van der Waals surface area contributed by atoms with Crippen LogP contribution in [0.3, 0.4) is 0 Å². The van der Waals surface area contributed by atoms with Gasteiger partial charge < -0.3 is 95.2 Å². The quantitative estimate of drug-likeness (QED) is 0.0746. The Hall–Kier alpha value is -7.76. The molecule has 0 amide bonds. The number of carboxylic acid groups (broad SMARTS) is 1. The van der Waals surface area contributed by atoms with Gasteiger partial charge in [0.15, 0.2) is 64.0 Å². The van der Waals surface area contributed by atoms with Crippen molar-refractivity contribution in [2.24, 2.45) is 0 Å². The SMILES string of the molecule is O=C(OC1OC2COC(=O)c3cc(O)c(O)c(O)c3-c3c(cc(O)c(O)c3Oc3c(C(=O)O)cc(O)c(O)c3O)C(=O)OC(C2O)C1O)c1cc(O)c(O)c(O)c1. The van der Waals surface area contributed by atoms with E-state index in [9.17, 15) is 90.7 Å². The average Bonchev–Trinajstić information content (AvgIpc) is 3.15. The number of rotatable bonds is 5. The van der Waals surface area contributed by atoms with Gasteiger partial charge in [-0.15, -0.1) is 0 Å². The van der Waals surface area contributed by atoms with E-state index in [1.54, 1.807) is 0 Å². The molecular formula is C34H26O23. The molecule has 0 aromatic heterocycles. The Kier molecular flexibility index (Phi) is 9.67. The fourth-order valence-electron chi connectivity index (χ4n) is 5.79. The van der Waals surface area contributed by atoms with Crippen molar-refractivity contribution in [3.05, 3.63) is 52.6 Å². The number of fused-ring (bicyclic) bond motifs is 5. The summed E-state index contributed by atoms with van der Waals surface area (Å²) in [6, 6.07) is 2.47. The Morgan fingerprint density at radius 1 is 0.614 bits per heavy atom. The number of hydrogen-bond acceptors (Lipinski definition) is 22. The van der Waals surface area contributed by atoms with Crippen molar-refractivity contribution in [3.8, 4) is 85.9 Å². The van der Waals surface area contributed by atoms with Gasteiger partial charge in [0.1, 0.15) is 24.4 Å². The smallest absolute Gasteiger partial charge is 0.340 e. The monoisotopic (exact) mass is 802 g/mol. The largest absolute Gasteiger partial charge is 0.504 e. The molecule has 0 spiro atoms. The summed E-state index contributed by atoms with van der Waals surface area (Å²) in [5.74, 6) is -23.4. The number of benzene rings is 4. The van der Waals surface area contributed by atoms with Crippen molar-refractivity contribution in [2.75, 3.05) is 6.61 Å². The summed E-state index contributed by atoms with van der Waals surface area (Å²) >= 11 is 0. The van der Waals surface area contributed by atoms with Gasteiger partial charge in [0.2, 0.25) is 29.3 Å². The van der Waals surface area contributed by atoms with Gasteiger partial charge in [0.25, 0.3) is 0 Å². The summed E-state index contributed by atoms with van der Waals surface area (Å²) < 4.78 is 26.5. The number of cyclic esters (lactones) is 1. The Labute approximate surface area is 314 Å². The van der Waals surface area contributed by atoms with E-state index in [-0.39, 0.29) is 0 Å². The molecule has 0 saturated carbocycles. The molecule has 1 saturated heterocycles. The molecule has 300 valence electrons. The predicted molar refractivity (Wildman–Crippen MR) is 176 cm³/mol. The number of ether oxygens (including phenoxy) is 5. The van der Waals surface area contributed by atoms with Gasteiger partial charge in [0, 0.05) is 17.2 Å². The number of aliphatic hydroxyl groups is 2. The lowest BCUT2D eigenvalue weighted by Gasteiger charge is -2.41. The molecular weight excluding hydrogens is 776 g/mol. The van der Waals surface area contributed by atoms with Crippen molar-refractivity contribution < 1.29 is 114 Å². The average molecular weight is 803 g/mol. The number of aliphatic hydroxyl groups excluding tert-OH is 2. The van der Waals surface area contributed by atoms with Crippen molar-refractivity contribution in [1.82, 2.24) is 0 Å². The molecule has 4 aromatic carbocycles. The van der Waals surface area contributed by atoms with Crippen LogP contribution in [0.1, 0.15) is 41.4 Å². The molecule has 6 rings (SSSR count). The first-order valence-electron chi connectivity index (χ1n) is 15.6. The second-order valence-electron chi connectivity index (χ2n) is 12.1. The normalized spacial score (nSPS) is 20.4. The van der Waals surface area contributed by atoms with Crippen LogP contribution >= 0.6 is 0 Å². The van der Waals surface area contributed by atoms with Crippen molar-refractivity contribution in [1.29, 1.82) is 0 Å². The Morgan fingerprint density at radius 2 is 1.16 bits per heavy atom. The first-order valence-corrected chi connectivity index (χ1v) is 15.6. The van der Waals surface area contributed by atoms with Crippen molar-refractivity contribution in [3.63, 3.8) is 0 Å².